The first kappa shape index (κ1) is 13.5. The first-order chi connectivity index (χ1) is 7.18. The molecule has 2 heteroatoms. The Balaban J connectivity index is 0.00000128. The largest absolute Gasteiger partial charge is 0.324 e. The fourth-order valence-electron chi connectivity index (χ4n) is 2.77. The van der Waals surface area contributed by atoms with Gasteiger partial charge in [-0.1, -0.05) is 36.6 Å². The van der Waals surface area contributed by atoms with Gasteiger partial charge < -0.3 is 5.73 Å². The Morgan fingerprint density at radius 2 is 1.81 bits per heavy atom. The summed E-state index contributed by atoms with van der Waals surface area (Å²) in [5.74, 6) is 0.714. The number of benzene rings is 1. The molecule has 0 spiro atoms. The molecule has 0 aliphatic heterocycles. The third-order valence-corrected chi connectivity index (χ3v) is 3.69. The van der Waals surface area contributed by atoms with E-state index in [2.05, 4.69) is 32.0 Å². The number of nitrogens with two attached hydrogens (primary N) is 1. The van der Waals surface area contributed by atoms with Crippen molar-refractivity contribution in [2.24, 2.45) is 11.7 Å². The van der Waals surface area contributed by atoms with Crippen LogP contribution in [0.2, 0.25) is 0 Å². The highest BCUT2D eigenvalue weighted by molar-refractivity contribution is 5.85. The molecule has 0 amide bonds. The van der Waals surface area contributed by atoms with Crippen LogP contribution in [0.3, 0.4) is 0 Å². The number of hydrogen-bond acceptors (Lipinski definition) is 1. The van der Waals surface area contributed by atoms with Crippen LogP contribution >= 0.6 is 12.4 Å². The molecule has 1 aliphatic carbocycles. The molecule has 16 heavy (non-hydrogen) atoms. The lowest BCUT2D eigenvalue weighted by Crippen LogP contribution is -2.20. The van der Waals surface area contributed by atoms with Crippen molar-refractivity contribution in [3.63, 3.8) is 0 Å². The molecule has 1 nitrogen and oxygen atoms in total. The maximum absolute atomic E-state index is 6.35. The fraction of sp³-hybridized carbons (Fsp3) is 0.571. The molecule has 0 aromatic heterocycles. The topological polar surface area (TPSA) is 26.0 Å². The highest BCUT2D eigenvalue weighted by atomic mass is 35.5. The number of aryl methyl sites for hydroxylation is 2. The Hall–Kier alpha value is -0.530. The van der Waals surface area contributed by atoms with E-state index in [4.69, 9.17) is 5.73 Å². The Bertz CT molecular complexity index is 343. The second-order valence-corrected chi connectivity index (χ2v) is 4.93. The standard InChI is InChI=1S/C14H21N.ClH/c1-10-7-8-13(11(2)9-10)14(15)12-5-3-4-6-12;/h7-9,12,14H,3-6,15H2,1-2H3;1H/t14-;/m1./s1. The van der Waals surface area contributed by atoms with Gasteiger partial charge in [0.05, 0.1) is 0 Å². The van der Waals surface area contributed by atoms with E-state index in [9.17, 15) is 0 Å². The summed E-state index contributed by atoms with van der Waals surface area (Å²) in [4.78, 5) is 0. The number of rotatable bonds is 2. The molecule has 90 valence electrons. The average molecular weight is 240 g/mol. The van der Waals surface area contributed by atoms with Crippen LogP contribution in [0.25, 0.3) is 0 Å². The Kier molecular flexibility index (Phi) is 4.82. The van der Waals surface area contributed by atoms with Crippen molar-refractivity contribution in [1.82, 2.24) is 0 Å². The average Bonchev–Trinajstić information content (AvgIpc) is 2.69. The lowest BCUT2D eigenvalue weighted by atomic mass is 9.89. The van der Waals surface area contributed by atoms with E-state index in [1.807, 2.05) is 0 Å². The van der Waals surface area contributed by atoms with Gasteiger partial charge in [0.2, 0.25) is 0 Å². The van der Waals surface area contributed by atoms with E-state index < -0.39 is 0 Å². The molecule has 1 aromatic rings. The maximum atomic E-state index is 6.35. The quantitative estimate of drug-likeness (QED) is 0.832. The van der Waals surface area contributed by atoms with Crippen molar-refractivity contribution in [3.8, 4) is 0 Å². The van der Waals surface area contributed by atoms with Crippen molar-refractivity contribution in [3.05, 3.63) is 34.9 Å². The second kappa shape index (κ2) is 5.70. The number of hydrogen-bond donors (Lipinski definition) is 1. The Labute approximate surface area is 105 Å². The van der Waals surface area contributed by atoms with E-state index in [0.717, 1.165) is 0 Å². The zero-order chi connectivity index (χ0) is 10.8. The Morgan fingerprint density at radius 1 is 1.19 bits per heavy atom. The van der Waals surface area contributed by atoms with Crippen LogP contribution in [-0.4, -0.2) is 0 Å². The van der Waals surface area contributed by atoms with E-state index in [1.54, 1.807) is 0 Å². The molecule has 2 N–H and O–H groups in total. The van der Waals surface area contributed by atoms with Gasteiger partial charge in [-0.3, -0.25) is 0 Å². The molecule has 0 saturated heterocycles. The normalized spacial score (nSPS) is 18.2. The van der Waals surface area contributed by atoms with Gasteiger partial charge in [0.25, 0.3) is 0 Å². The van der Waals surface area contributed by atoms with Gasteiger partial charge in [0.1, 0.15) is 0 Å². The maximum Gasteiger partial charge on any atom is 0.0326 e. The van der Waals surface area contributed by atoms with Gasteiger partial charge in [-0.25, -0.2) is 0 Å². The van der Waals surface area contributed by atoms with Gasteiger partial charge in [-0.05, 0) is 43.7 Å². The van der Waals surface area contributed by atoms with Crippen LogP contribution in [0, 0.1) is 19.8 Å². The lowest BCUT2D eigenvalue weighted by molar-refractivity contribution is 0.443. The number of halogens is 1. The smallest absolute Gasteiger partial charge is 0.0326 e. The van der Waals surface area contributed by atoms with Crippen LogP contribution in [-0.2, 0) is 0 Å². The van der Waals surface area contributed by atoms with Gasteiger partial charge in [-0.2, -0.15) is 0 Å². The summed E-state index contributed by atoms with van der Waals surface area (Å²) in [5, 5.41) is 0. The highest BCUT2D eigenvalue weighted by Gasteiger charge is 2.23. The summed E-state index contributed by atoms with van der Waals surface area (Å²) < 4.78 is 0. The zero-order valence-corrected chi connectivity index (χ0v) is 11.0. The van der Waals surface area contributed by atoms with Gasteiger partial charge in [0, 0.05) is 6.04 Å². The van der Waals surface area contributed by atoms with Crippen LogP contribution in [0.4, 0.5) is 0 Å². The SMILES string of the molecule is Cc1ccc([C@H](N)C2CCCC2)c(C)c1.Cl. The summed E-state index contributed by atoms with van der Waals surface area (Å²) in [7, 11) is 0. The van der Waals surface area contributed by atoms with Gasteiger partial charge in [-0.15, -0.1) is 12.4 Å². The third kappa shape index (κ3) is 2.78. The molecule has 1 fully saturated rings. The van der Waals surface area contributed by atoms with Gasteiger partial charge >= 0.3 is 0 Å². The minimum Gasteiger partial charge on any atom is -0.324 e. The molecule has 1 aromatic carbocycles. The van der Waals surface area contributed by atoms with E-state index >= 15 is 0 Å². The van der Waals surface area contributed by atoms with E-state index in [-0.39, 0.29) is 18.4 Å². The molecular weight excluding hydrogens is 218 g/mol. The van der Waals surface area contributed by atoms with Crippen molar-refractivity contribution in [1.29, 1.82) is 0 Å². The molecule has 0 heterocycles. The molecule has 1 aliphatic rings. The second-order valence-electron chi connectivity index (χ2n) is 4.93. The minimum absolute atomic E-state index is 0. The fourth-order valence-corrected chi connectivity index (χ4v) is 2.77. The summed E-state index contributed by atoms with van der Waals surface area (Å²) in [5.41, 5.74) is 10.4. The molecule has 2 rings (SSSR count). The van der Waals surface area contributed by atoms with Crippen molar-refractivity contribution >= 4 is 12.4 Å². The third-order valence-electron chi connectivity index (χ3n) is 3.69. The Morgan fingerprint density at radius 3 is 2.38 bits per heavy atom. The minimum atomic E-state index is 0. The van der Waals surface area contributed by atoms with Crippen LogP contribution in [0.5, 0.6) is 0 Å². The first-order valence-corrected chi connectivity index (χ1v) is 6.01. The zero-order valence-electron chi connectivity index (χ0n) is 10.2. The van der Waals surface area contributed by atoms with E-state index in [0.29, 0.717) is 5.92 Å². The van der Waals surface area contributed by atoms with Crippen molar-refractivity contribution in [2.75, 3.05) is 0 Å². The van der Waals surface area contributed by atoms with E-state index in [1.165, 1.54) is 42.4 Å². The monoisotopic (exact) mass is 239 g/mol. The summed E-state index contributed by atoms with van der Waals surface area (Å²) in [6.45, 7) is 4.31. The summed E-state index contributed by atoms with van der Waals surface area (Å²) >= 11 is 0. The summed E-state index contributed by atoms with van der Waals surface area (Å²) in [6.07, 6.45) is 5.36. The molecular formula is C14H22ClN. The van der Waals surface area contributed by atoms with Crippen molar-refractivity contribution < 1.29 is 0 Å². The van der Waals surface area contributed by atoms with Crippen LogP contribution < -0.4 is 5.73 Å². The first-order valence-electron chi connectivity index (χ1n) is 6.01. The molecule has 0 radical (unpaired) electrons. The lowest BCUT2D eigenvalue weighted by Gasteiger charge is -2.21. The molecule has 1 saturated carbocycles. The molecule has 1 atom stereocenters. The van der Waals surface area contributed by atoms with Crippen LogP contribution in [0.15, 0.2) is 18.2 Å². The summed E-state index contributed by atoms with van der Waals surface area (Å²) in [6, 6.07) is 6.89. The molecule has 0 bridgehead atoms. The van der Waals surface area contributed by atoms with Crippen LogP contribution in [0.1, 0.15) is 48.4 Å². The highest BCUT2D eigenvalue weighted by Crippen LogP contribution is 2.35. The van der Waals surface area contributed by atoms with Crippen molar-refractivity contribution in [2.45, 2.75) is 45.6 Å². The van der Waals surface area contributed by atoms with Gasteiger partial charge in [0.15, 0.2) is 0 Å². The predicted molar refractivity (Wildman–Crippen MR) is 72.1 cm³/mol. The predicted octanol–water partition coefficient (Wildman–Crippen LogP) is 3.92. The molecule has 0 unspecified atom stereocenters.